The molecule has 2 N–H and O–H groups in total. The van der Waals surface area contributed by atoms with Crippen LogP contribution in [-0.2, 0) is 9.59 Å². The fourth-order valence-corrected chi connectivity index (χ4v) is 2.84. The van der Waals surface area contributed by atoms with Crippen molar-refractivity contribution in [3.8, 4) is 11.3 Å². The van der Waals surface area contributed by atoms with Crippen LogP contribution in [0.3, 0.4) is 0 Å². The molecule has 0 aliphatic carbocycles. The van der Waals surface area contributed by atoms with Crippen LogP contribution in [0.15, 0.2) is 65.5 Å². The molecule has 2 aromatic carbocycles. The van der Waals surface area contributed by atoms with Gasteiger partial charge < -0.3 is 10.6 Å². The Morgan fingerprint density at radius 3 is 2.41 bits per heavy atom. The lowest BCUT2D eigenvalue weighted by atomic mass is 10.1. The zero-order valence-corrected chi connectivity index (χ0v) is 16.5. The summed E-state index contributed by atoms with van der Waals surface area (Å²) in [5, 5.41) is 9.94. The van der Waals surface area contributed by atoms with Gasteiger partial charge in [-0.2, -0.15) is 5.10 Å². The topological polar surface area (TPSA) is 93.1 Å². The highest BCUT2D eigenvalue weighted by Gasteiger charge is 2.18. The molecule has 2 amide bonds. The normalized spacial score (nSPS) is 11.6. The number of hydrogen-bond acceptors (Lipinski definition) is 4. The number of benzene rings is 2. The summed E-state index contributed by atoms with van der Waals surface area (Å²) in [6.07, 6.45) is 0. The number of carbonyl (C=O) groups excluding carboxylic acids is 2. The molecule has 0 saturated carbocycles. The molecular weight excluding hydrogens is 368 g/mol. The van der Waals surface area contributed by atoms with E-state index in [0.29, 0.717) is 17.1 Å². The van der Waals surface area contributed by atoms with Gasteiger partial charge in [0.2, 0.25) is 11.8 Å². The zero-order chi connectivity index (χ0) is 21.0. The maximum absolute atomic E-state index is 12.6. The largest absolute Gasteiger partial charge is 0.326 e. The third-order valence-corrected chi connectivity index (χ3v) is 4.46. The van der Waals surface area contributed by atoms with Crippen molar-refractivity contribution >= 4 is 23.2 Å². The molecule has 0 spiro atoms. The highest BCUT2D eigenvalue weighted by molar-refractivity contribution is 5.93. The number of rotatable bonds is 5. The third-order valence-electron chi connectivity index (χ3n) is 4.46. The Morgan fingerprint density at radius 1 is 1.00 bits per heavy atom. The maximum atomic E-state index is 12.6. The van der Waals surface area contributed by atoms with Crippen LogP contribution in [0.4, 0.5) is 11.4 Å². The smallest absolute Gasteiger partial charge is 0.267 e. The summed E-state index contributed by atoms with van der Waals surface area (Å²) in [6, 6.07) is 16.7. The number of nitrogens with zero attached hydrogens (tertiary/aromatic N) is 2. The predicted molar refractivity (Wildman–Crippen MR) is 113 cm³/mol. The van der Waals surface area contributed by atoms with Crippen molar-refractivity contribution in [3.05, 3.63) is 76.6 Å². The van der Waals surface area contributed by atoms with E-state index in [2.05, 4.69) is 15.7 Å². The minimum absolute atomic E-state index is 0.172. The highest BCUT2D eigenvalue weighted by Crippen LogP contribution is 2.24. The van der Waals surface area contributed by atoms with Crippen molar-refractivity contribution < 1.29 is 9.59 Å². The average molecular weight is 390 g/mol. The molecule has 0 radical (unpaired) electrons. The third kappa shape index (κ3) is 4.76. The molecule has 0 bridgehead atoms. The van der Waals surface area contributed by atoms with Crippen LogP contribution in [0.1, 0.15) is 25.5 Å². The van der Waals surface area contributed by atoms with Crippen LogP contribution in [0.25, 0.3) is 11.3 Å². The Labute approximate surface area is 168 Å². The lowest BCUT2D eigenvalue weighted by molar-refractivity contribution is -0.119. The monoisotopic (exact) mass is 390 g/mol. The minimum atomic E-state index is -0.803. The summed E-state index contributed by atoms with van der Waals surface area (Å²) < 4.78 is 1.16. The Balaban J connectivity index is 1.91. The highest BCUT2D eigenvalue weighted by atomic mass is 16.2. The van der Waals surface area contributed by atoms with Crippen molar-refractivity contribution in [1.82, 2.24) is 9.78 Å². The Hall–Kier alpha value is -3.74. The first-order valence-corrected chi connectivity index (χ1v) is 9.19. The van der Waals surface area contributed by atoms with E-state index in [-0.39, 0.29) is 17.4 Å². The number of aromatic nitrogens is 2. The number of para-hydroxylation sites is 1. The number of nitrogens with one attached hydrogen (secondary N) is 2. The molecule has 7 nitrogen and oxygen atoms in total. The van der Waals surface area contributed by atoms with Crippen molar-refractivity contribution in [1.29, 1.82) is 0 Å². The summed E-state index contributed by atoms with van der Waals surface area (Å²) in [4.78, 5) is 36.3. The van der Waals surface area contributed by atoms with E-state index in [0.717, 1.165) is 15.8 Å². The first-order chi connectivity index (χ1) is 13.8. The lowest BCUT2D eigenvalue weighted by Crippen LogP contribution is -2.33. The zero-order valence-electron chi connectivity index (χ0n) is 16.5. The average Bonchev–Trinajstić information content (AvgIpc) is 2.70. The van der Waals surface area contributed by atoms with Crippen LogP contribution in [0.5, 0.6) is 0 Å². The second-order valence-electron chi connectivity index (χ2n) is 6.74. The Kier molecular flexibility index (Phi) is 5.87. The molecule has 1 atom stereocenters. The first-order valence-electron chi connectivity index (χ1n) is 9.19. The molecule has 3 rings (SSSR count). The first kappa shape index (κ1) is 20.0. The van der Waals surface area contributed by atoms with Crippen LogP contribution in [0.2, 0.25) is 0 Å². The molecule has 1 heterocycles. The van der Waals surface area contributed by atoms with Gasteiger partial charge in [-0.3, -0.25) is 14.4 Å². The Morgan fingerprint density at radius 2 is 1.72 bits per heavy atom. The van der Waals surface area contributed by atoms with E-state index >= 15 is 0 Å². The van der Waals surface area contributed by atoms with Crippen LogP contribution < -0.4 is 16.2 Å². The minimum Gasteiger partial charge on any atom is -0.326 e. The molecule has 0 fully saturated rings. The van der Waals surface area contributed by atoms with Gasteiger partial charge in [-0.05, 0) is 43.7 Å². The second-order valence-corrected chi connectivity index (χ2v) is 6.74. The van der Waals surface area contributed by atoms with Crippen LogP contribution in [0, 0.1) is 6.92 Å². The molecule has 1 aromatic heterocycles. The molecule has 148 valence electrons. The van der Waals surface area contributed by atoms with Gasteiger partial charge in [0.05, 0.1) is 5.69 Å². The second kappa shape index (κ2) is 8.52. The summed E-state index contributed by atoms with van der Waals surface area (Å²) in [6.45, 7) is 4.95. The van der Waals surface area contributed by atoms with E-state index in [1.807, 2.05) is 37.3 Å². The van der Waals surface area contributed by atoms with Gasteiger partial charge in [0.1, 0.15) is 6.04 Å². The van der Waals surface area contributed by atoms with E-state index in [4.69, 9.17) is 0 Å². The quantitative estimate of drug-likeness (QED) is 0.698. The molecule has 0 unspecified atom stereocenters. The van der Waals surface area contributed by atoms with Gasteiger partial charge in [-0.1, -0.05) is 30.3 Å². The van der Waals surface area contributed by atoms with Gasteiger partial charge in [0, 0.05) is 29.9 Å². The van der Waals surface area contributed by atoms with Gasteiger partial charge in [0.15, 0.2) is 0 Å². The van der Waals surface area contributed by atoms with Crippen molar-refractivity contribution in [2.75, 3.05) is 10.6 Å². The number of anilines is 2. The van der Waals surface area contributed by atoms with Gasteiger partial charge in [-0.15, -0.1) is 0 Å². The van der Waals surface area contributed by atoms with E-state index in [1.165, 1.54) is 13.0 Å². The summed E-state index contributed by atoms with van der Waals surface area (Å²) in [5.41, 5.74) is 3.10. The molecule has 0 saturated heterocycles. The van der Waals surface area contributed by atoms with Gasteiger partial charge in [-0.25, -0.2) is 4.68 Å². The number of amides is 2. The van der Waals surface area contributed by atoms with Crippen LogP contribution >= 0.6 is 0 Å². The number of carbonyl (C=O) groups is 2. The van der Waals surface area contributed by atoms with E-state index < -0.39 is 6.04 Å². The lowest BCUT2D eigenvalue weighted by Gasteiger charge is -2.15. The van der Waals surface area contributed by atoms with E-state index in [1.54, 1.807) is 31.2 Å². The Bertz CT molecular complexity index is 1110. The molecule has 3 aromatic rings. The van der Waals surface area contributed by atoms with Gasteiger partial charge >= 0.3 is 0 Å². The summed E-state index contributed by atoms with van der Waals surface area (Å²) >= 11 is 0. The standard InChI is InChI=1S/C22H22N4O3/c1-14-9-10-17(13-20(14)23-16(3)27)19-11-12-21(28)26(25-19)15(2)22(29)24-18-7-5-4-6-8-18/h4-13,15H,1-3H3,(H,23,27)(H,24,29)/t15-/m1/s1. The van der Waals surface area contributed by atoms with Crippen molar-refractivity contribution in [3.63, 3.8) is 0 Å². The number of aryl methyl sites for hydroxylation is 1. The van der Waals surface area contributed by atoms with E-state index in [9.17, 15) is 14.4 Å². The fourth-order valence-electron chi connectivity index (χ4n) is 2.84. The molecule has 0 aliphatic heterocycles. The fraction of sp³-hybridized carbons (Fsp3) is 0.182. The molecular formula is C22H22N4O3. The van der Waals surface area contributed by atoms with Crippen molar-refractivity contribution in [2.24, 2.45) is 0 Å². The van der Waals surface area contributed by atoms with Crippen molar-refractivity contribution in [2.45, 2.75) is 26.8 Å². The van der Waals surface area contributed by atoms with Gasteiger partial charge in [0.25, 0.3) is 5.56 Å². The summed E-state index contributed by atoms with van der Waals surface area (Å²) in [5.74, 6) is -0.514. The SMILES string of the molecule is CC(=O)Nc1cc(-c2ccc(=O)n([C@H](C)C(=O)Nc3ccccc3)n2)ccc1C. The molecule has 29 heavy (non-hydrogen) atoms. The molecule has 0 aliphatic rings. The maximum Gasteiger partial charge on any atom is 0.267 e. The summed E-state index contributed by atoms with van der Waals surface area (Å²) in [7, 11) is 0. The number of hydrogen-bond donors (Lipinski definition) is 2. The predicted octanol–water partition coefficient (Wildman–Crippen LogP) is 3.38. The molecule has 7 heteroatoms. The van der Waals surface area contributed by atoms with Crippen LogP contribution in [-0.4, -0.2) is 21.6 Å².